The van der Waals surface area contributed by atoms with Crippen molar-refractivity contribution in [2.45, 2.75) is 20.4 Å². The molecule has 0 amide bonds. The van der Waals surface area contributed by atoms with Crippen LogP contribution in [0.1, 0.15) is 12.5 Å². The Hall–Kier alpha value is -0.806. The van der Waals surface area contributed by atoms with E-state index in [9.17, 15) is 4.79 Å². The van der Waals surface area contributed by atoms with Crippen LogP contribution in [-0.4, -0.2) is 16.4 Å². The first-order chi connectivity index (χ1) is 6.99. The first-order valence-electron chi connectivity index (χ1n) is 4.38. The van der Waals surface area contributed by atoms with Gasteiger partial charge in [0.15, 0.2) is 11.5 Å². The van der Waals surface area contributed by atoms with Gasteiger partial charge in [-0.05, 0) is 0 Å². The Bertz CT molecular complexity index is 454. The minimum absolute atomic E-state index is 0. The molecule has 83 valence electrons. The van der Waals surface area contributed by atoms with Gasteiger partial charge in [-0.3, -0.25) is 15.6 Å². The van der Waals surface area contributed by atoms with E-state index in [1.54, 1.807) is 6.92 Å². The van der Waals surface area contributed by atoms with E-state index in [1.807, 2.05) is 0 Å². The first kappa shape index (κ1) is 15.2. The Morgan fingerprint density at radius 1 is 1.56 bits per heavy atom. The number of aryl methyl sites for hydroxylation is 1. The molecule has 16 heavy (non-hydrogen) atoms. The minimum atomic E-state index is -0.206. The molecule has 2 N–H and O–H groups in total. The quantitative estimate of drug-likeness (QED) is 0.484. The molecule has 1 radical (unpaired) electrons. The van der Waals surface area contributed by atoms with Crippen molar-refractivity contribution in [3.8, 4) is 0 Å². The van der Waals surface area contributed by atoms with E-state index in [0.29, 0.717) is 0 Å². The molecule has 6 heteroatoms. The summed E-state index contributed by atoms with van der Waals surface area (Å²) >= 11 is 0. The van der Waals surface area contributed by atoms with Crippen molar-refractivity contribution in [1.82, 2.24) is 4.57 Å². The molecule has 0 aliphatic rings. The van der Waals surface area contributed by atoms with Gasteiger partial charge in [-0.15, -0.1) is 6.07 Å². The third-order valence-corrected chi connectivity index (χ3v) is 1.66. The van der Waals surface area contributed by atoms with E-state index >= 15 is 0 Å². The standard InChI is InChI=1S/C10H12N3O2.Y/c1-7-3-4-13(10(14)5-7)6-9(12)15-8(2)11;/h4-5,11-12H,6H2,1-2H3;/q-1;. The van der Waals surface area contributed by atoms with Crippen LogP contribution in [0.4, 0.5) is 0 Å². The maximum Gasteiger partial charge on any atom is 0.208 e. The van der Waals surface area contributed by atoms with Crippen molar-refractivity contribution < 1.29 is 37.4 Å². The van der Waals surface area contributed by atoms with Gasteiger partial charge in [0.1, 0.15) is 0 Å². The predicted octanol–water partition coefficient (Wildman–Crippen LogP) is 0.945. The molecule has 0 bridgehead atoms. The van der Waals surface area contributed by atoms with Crippen molar-refractivity contribution in [2.24, 2.45) is 0 Å². The van der Waals surface area contributed by atoms with Gasteiger partial charge < -0.3 is 9.30 Å². The van der Waals surface area contributed by atoms with Crippen LogP contribution in [0.15, 0.2) is 17.1 Å². The fourth-order valence-electron chi connectivity index (χ4n) is 1.05. The van der Waals surface area contributed by atoms with Crippen LogP contribution in [0, 0.1) is 23.8 Å². The van der Waals surface area contributed by atoms with Crippen LogP contribution in [0.25, 0.3) is 0 Å². The molecule has 0 aliphatic carbocycles. The summed E-state index contributed by atoms with van der Waals surface area (Å²) in [6.45, 7) is 3.22. The Morgan fingerprint density at radius 3 is 2.69 bits per heavy atom. The molecule has 0 atom stereocenters. The van der Waals surface area contributed by atoms with Crippen molar-refractivity contribution in [3.05, 3.63) is 34.2 Å². The first-order valence-corrected chi connectivity index (χ1v) is 4.38. The molecule has 5 nitrogen and oxygen atoms in total. The zero-order valence-corrected chi connectivity index (χ0v) is 12.0. The van der Waals surface area contributed by atoms with Crippen LogP contribution in [0.5, 0.6) is 0 Å². The molecule has 0 aliphatic heterocycles. The fourth-order valence-corrected chi connectivity index (χ4v) is 1.05. The second kappa shape index (κ2) is 6.71. The number of hydrogen-bond acceptors (Lipinski definition) is 4. The molecule has 1 aromatic rings. The molecule has 0 saturated carbocycles. The molecular formula is C10H12N3O2Y-. The third kappa shape index (κ3) is 4.81. The number of hydrogen-bond donors (Lipinski definition) is 2. The predicted molar refractivity (Wildman–Crippen MR) is 56.5 cm³/mol. The van der Waals surface area contributed by atoms with Crippen LogP contribution in [0.3, 0.4) is 0 Å². The van der Waals surface area contributed by atoms with Crippen LogP contribution >= 0.6 is 0 Å². The second-order valence-corrected chi connectivity index (χ2v) is 3.15. The summed E-state index contributed by atoms with van der Waals surface area (Å²) in [6.07, 6.45) is 1.48. The van der Waals surface area contributed by atoms with Crippen molar-refractivity contribution in [2.75, 3.05) is 0 Å². The number of rotatable bonds is 2. The summed E-state index contributed by atoms with van der Waals surface area (Å²) in [5.74, 6) is -0.203. The number of aromatic nitrogens is 1. The van der Waals surface area contributed by atoms with Gasteiger partial charge in [0.2, 0.25) is 5.90 Å². The SMILES string of the molecule is CC(=N)OC(=N)Cn1c[c-]c(C)cc1=O.[Y]. The van der Waals surface area contributed by atoms with Gasteiger partial charge in [0.05, 0.1) is 6.54 Å². The Balaban J connectivity index is 0.00000225. The Morgan fingerprint density at radius 2 is 2.19 bits per heavy atom. The van der Waals surface area contributed by atoms with Crippen molar-refractivity contribution in [3.63, 3.8) is 0 Å². The van der Waals surface area contributed by atoms with Gasteiger partial charge in [0, 0.05) is 39.6 Å². The van der Waals surface area contributed by atoms with Crippen LogP contribution in [-0.2, 0) is 44.0 Å². The Kier molecular flexibility index (Phi) is 6.37. The van der Waals surface area contributed by atoms with Gasteiger partial charge in [0.25, 0.3) is 0 Å². The Labute approximate surface area is 119 Å². The summed E-state index contributed by atoms with van der Waals surface area (Å²) in [7, 11) is 0. The topological polar surface area (TPSA) is 78.9 Å². The largest absolute Gasteiger partial charge is 0.428 e. The molecule has 0 fully saturated rings. The maximum absolute atomic E-state index is 11.4. The number of pyridine rings is 1. The zero-order valence-electron chi connectivity index (χ0n) is 9.20. The van der Waals surface area contributed by atoms with Crippen molar-refractivity contribution in [1.29, 1.82) is 10.8 Å². The zero-order chi connectivity index (χ0) is 11.4. The van der Waals surface area contributed by atoms with Gasteiger partial charge in [-0.1, -0.05) is 13.1 Å². The summed E-state index contributed by atoms with van der Waals surface area (Å²) in [5.41, 5.74) is 0.550. The smallest absolute Gasteiger partial charge is 0.208 e. The van der Waals surface area contributed by atoms with Crippen LogP contribution < -0.4 is 5.56 Å². The van der Waals surface area contributed by atoms with Crippen molar-refractivity contribution >= 4 is 11.8 Å². The molecule has 0 aromatic carbocycles. The van der Waals surface area contributed by atoms with E-state index in [-0.39, 0.29) is 56.6 Å². The minimum Gasteiger partial charge on any atom is -0.428 e. The molecule has 0 saturated heterocycles. The van der Waals surface area contributed by atoms with E-state index in [4.69, 9.17) is 15.6 Å². The number of ether oxygens (including phenoxy) is 1. The molecular weight excluding hydrogens is 283 g/mol. The summed E-state index contributed by atoms with van der Waals surface area (Å²) in [6, 6.07) is 4.29. The summed E-state index contributed by atoms with van der Waals surface area (Å²) < 4.78 is 6.04. The second-order valence-electron chi connectivity index (χ2n) is 3.15. The normalized spacial score (nSPS) is 9.12. The number of nitrogens with zero attached hydrogens (tertiary/aromatic N) is 1. The summed E-state index contributed by atoms with van der Waals surface area (Å²) in [4.78, 5) is 11.4. The molecule has 1 aromatic heterocycles. The van der Waals surface area contributed by atoms with Gasteiger partial charge >= 0.3 is 0 Å². The van der Waals surface area contributed by atoms with E-state index in [0.717, 1.165) is 5.56 Å². The van der Waals surface area contributed by atoms with E-state index < -0.39 is 0 Å². The van der Waals surface area contributed by atoms with Gasteiger partial charge in [-0.25, -0.2) is 11.6 Å². The van der Waals surface area contributed by atoms with Crippen LogP contribution in [0.2, 0.25) is 0 Å². The van der Waals surface area contributed by atoms with E-state index in [2.05, 4.69) is 6.07 Å². The summed E-state index contributed by atoms with van der Waals surface area (Å²) in [5, 5.41) is 14.4. The monoisotopic (exact) mass is 295 g/mol. The molecule has 1 rings (SSSR count). The average molecular weight is 295 g/mol. The van der Waals surface area contributed by atoms with E-state index in [1.165, 1.54) is 23.8 Å². The molecule has 1 heterocycles. The fraction of sp³-hybridized carbons (Fsp3) is 0.300. The maximum atomic E-state index is 11.4. The number of nitrogens with one attached hydrogen (secondary N) is 2. The molecule has 0 unspecified atom stereocenters. The third-order valence-electron chi connectivity index (χ3n) is 1.66. The average Bonchev–Trinajstić information content (AvgIpc) is 2.08. The molecule has 0 spiro atoms. The van der Waals surface area contributed by atoms with Gasteiger partial charge in [-0.2, -0.15) is 0 Å².